The van der Waals surface area contributed by atoms with Crippen molar-refractivity contribution in [2.24, 2.45) is 0 Å². The van der Waals surface area contributed by atoms with Crippen molar-refractivity contribution in [3.05, 3.63) is 41.5 Å². The fraction of sp³-hybridized carbons (Fsp3) is 0.312. The average molecular weight is 258 g/mol. The summed E-state index contributed by atoms with van der Waals surface area (Å²) < 4.78 is 5.23. The predicted molar refractivity (Wildman–Crippen MR) is 76.1 cm³/mol. The van der Waals surface area contributed by atoms with E-state index in [-0.39, 0.29) is 0 Å². The van der Waals surface area contributed by atoms with Crippen LogP contribution in [0.15, 0.2) is 30.3 Å². The Morgan fingerprint density at radius 2 is 2.00 bits per heavy atom. The van der Waals surface area contributed by atoms with Crippen LogP contribution in [0, 0.1) is 0 Å². The Morgan fingerprint density at radius 3 is 2.63 bits per heavy atom. The Bertz CT molecular complexity index is 602. The van der Waals surface area contributed by atoms with E-state index in [0.29, 0.717) is 5.56 Å². The maximum atomic E-state index is 11.4. The summed E-state index contributed by atoms with van der Waals surface area (Å²) in [5.74, 6) is -0.108. The topological polar surface area (TPSA) is 46.5 Å². The van der Waals surface area contributed by atoms with E-state index < -0.39 is 5.97 Å². The first-order chi connectivity index (χ1) is 9.17. The van der Waals surface area contributed by atoms with Gasteiger partial charge in [0.1, 0.15) is 5.75 Å². The maximum Gasteiger partial charge on any atom is 0.335 e. The van der Waals surface area contributed by atoms with Crippen LogP contribution in [0.4, 0.5) is 0 Å². The standard InChI is InChI=1S/C16H18O3/c1-3-4-5-13-14(16(17)18)9-7-11-6-8-12(19-2)10-15(11)13/h6-10H,3-5H2,1-2H3,(H,17,18). The van der Waals surface area contributed by atoms with Crippen molar-refractivity contribution in [3.8, 4) is 5.75 Å². The van der Waals surface area contributed by atoms with Gasteiger partial charge in [0.2, 0.25) is 0 Å². The predicted octanol–water partition coefficient (Wildman–Crippen LogP) is 3.89. The van der Waals surface area contributed by atoms with E-state index in [1.54, 1.807) is 13.2 Å². The molecule has 100 valence electrons. The van der Waals surface area contributed by atoms with Gasteiger partial charge in [0, 0.05) is 0 Å². The normalized spacial score (nSPS) is 10.6. The van der Waals surface area contributed by atoms with Crippen molar-refractivity contribution in [1.82, 2.24) is 0 Å². The summed E-state index contributed by atoms with van der Waals surface area (Å²) in [6.45, 7) is 2.10. The number of unbranched alkanes of at least 4 members (excludes halogenated alkanes) is 1. The second-order valence-corrected chi connectivity index (χ2v) is 4.59. The van der Waals surface area contributed by atoms with Gasteiger partial charge in [0.25, 0.3) is 0 Å². The van der Waals surface area contributed by atoms with Crippen LogP contribution < -0.4 is 4.74 Å². The number of hydrogen-bond acceptors (Lipinski definition) is 2. The molecule has 0 amide bonds. The lowest BCUT2D eigenvalue weighted by atomic mass is 9.95. The summed E-state index contributed by atoms with van der Waals surface area (Å²) in [5, 5.41) is 11.4. The van der Waals surface area contributed by atoms with Crippen LogP contribution in [0.3, 0.4) is 0 Å². The Balaban J connectivity index is 2.65. The highest BCUT2D eigenvalue weighted by Gasteiger charge is 2.13. The number of carboxylic acid groups (broad SMARTS) is 1. The number of aromatic carboxylic acids is 1. The van der Waals surface area contributed by atoms with Crippen molar-refractivity contribution >= 4 is 16.7 Å². The highest BCUT2D eigenvalue weighted by molar-refractivity contribution is 5.98. The minimum absolute atomic E-state index is 0.397. The van der Waals surface area contributed by atoms with E-state index in [0.717, 1.165) is 41.3 Å². The molecule has 19 heavy (non-hydrogen) atoms. The van der Waals surface area contributed by atoms with Crippen molar-refractivity contribution in [3.63, 3.8) is 0 Å². The minimum atomic E-state index is -0.865. The molecule has 0 atom stereocenters. The van der Waals surface area contributed by atoms with Gasteiger partial charge >= 0.3 is 5.97 Å². The molecule has 0 aromatic heterocycles. The van der Waals surface area contributed by atoms with Gasteiger partial charge in [-0.15, -0.1) is 0 Å². The first-order valence-corrected chi connectivity index (χ1v) is 6.50. The second-order valence-electron chi connectivity index (χ2n) is 4.59. The van der Waals surface area contributed by atoms with Crippen LogP contribution in [0.1, 0.15) is 35.7 Å². The number of rotatable bonds is 5. The molecule has 3 heteroatoms. The molecule has 2 rings (SSSR count). The van der Waals surface area contributed by atoms with Crippen LogP contribution in [0.25, 0.3) is 10.8 Å². The summed E-state index contributed by atoms with van der Waals surface area (Å²) in [5.41, 5.74) is 1.31. The molecule has 0 bridgehead atoms. The third-order valence-electron chi connectivity index (χ3n) is 3.35. The Hall–Kier alpha value is -2.03. The number of aryl methyl sites for hydroxylation is 1. The highest BCUT2D eigenvalue weighted by Crippen LogP contribution is 2.28. The number of carboxylic acids is 1. The Morgan fingerprint density at radius 1 is 1.26 bits per heavy atom. The zero-order valence-corrected chi connectivity index (χ0v) is 11.3. The SMILES string of the molecule is CCCCc1c(C(=O)O)ccc2ccc(OC)cc12. The monoisotopic (exact) mass is 258 g/mol. The molecule has 0 radical (unpaired) electrons. The fourth-order valence-electron chi connectivity index (χ4n) is 2.31. The van der Waals surface area contributed by atoms with Crippen molar-refractivity contribution in [2.75, 3.05) is 7.11 Å². The largest absolute Gasteiger partial charge is 0.497 e. The zero-order chi connectivity index (χ0) is 13.8. The van der Waals surface area contributed by atoms with Crippen LogP contribution in [0.2, 0.25) is 0 Å². The quantitative estimate of drug-likeness (QED) is 0.885. The summed E-state index contributed by atoms with van der Waals surface area (Å²) in [7, 11) is 1.62. The number of methoxy groups -OCH3 is 1. The molecule has 0 heterocycles. The van der Waals surface area contributed by atoms with Crippen LogP contribution in [-0.2, 0) is 6.42 Å². The van der Waals surface area contributed by atoms with Gasteiger partial charge in [-0.05, 0) is 47.4 Å². The molecule has 1 N–H and O–H groups in total. The third-order valence-corrected chi connectivity index (χ3v) is 3.35. The molecule has 2 aromatic carbocycles. The van der Waals surface area contributed by atoms with Gasteiger partial charge in [0.05, 0.1) is 12.7 Å². The molecule has 0 saturated carbocycles. The second kappa shape index (κ2) is 5.74. The molecule has 0 aliphatic rings. The number of fused-ring (bicyclic) bond motifs is 1. The number of hydrogen-bond donors (Lipinski definition) is 1. The average Bonchev–Trinajstić information content (AvgIpc) is 2.43. The first-order valence-electron chi connectivity index (χ1n) is 6.50. The maximum absolute atomic E-state index is 11.4. The molecular weight excluding hydrogens is 240 g/mol. The lowest BCUT2D eigenvalue weighted by Crippen LogP contribution is -2.03. The zero-order valence-electron chi connectivity index (χ0n) is 11.3. The van der Waals surface area contributed by atoms with Crippen LogP contribution in [-0.4, -0.2) is 18.2 Å². The summed E-state index contributed by atoms with van der Waals surface area (Å²) in [4.78, 5) is 11.4. The van der Waals surface area contributed by atoms with E-state index in [4.69, 9.17) is 4.74 Å². The van der Waals surface area contributed by atoms with Crippen molar-refractivity contribution in [1.29, 1.82) is 0 Å². The molecule has 0 aliphatic carbocycles. The van der Waals surface area contributed by atoms with Gasteiger partial charge in [-0.25, -0.2) is 4.79 Å². The fourth-order valence-corrected chi connectivity index (χ4v) is 2.31. The Labute approximate surface area is 112 Å². The van der Waals surface area contributed by atoms with E-state index in [2.05, 4.69) is 6.92 Å². The summed E-state index contributed by atoms with van der Waals surface area (Å²) >= 11 is 0. The molecule has 3 nitrogen and oxygen atoms in total. The lowest BCUT2D eigenvalue weighted by molar-refractivity contribution is 0.0696. The molecule has 0 unspecified atom stereocenters. The minimum Gasteiger partial charge on any atom is -0.497 e. The van der Waals surface area contributed by atoms with Crippen molar-refractivity contribution in [2.45, 2.75) is 26.2 Å². The van der Waals surface area contributed by atoms with Crippen LogP contribution in [0.5, 0.6) is 5.75 Å². The molecule has 2 aromatic rings. The molecule has 0 saturated heterocycles. The molecular formula is C16H18O3. The van der Waals surface area contributed by atoms with E-state index in [1.165, 1.54) is 0 Å². The van der Waals surface area contributed by atoms with Crippen LogP contribution >= 0.6 is 0 Å². The first kappa shape index (κ1) is 13.4. The summed E-state index contributed by atoms with van der Waals surface area (Å²) in [6.07, 6.45) is 2.80. The van der Waals surface area contributed by atoms with Gasteiger partial charge in [-0.3, -0.25) is 0 Å². The van der Waals surface area contributed by atoms with Gasteiger partial charge in [-0.2, -0.15) is 0 Å². The third kappa shape index (κ3) is 2.70. The van der Waals surface area contributed by atoms with Crippen molar-refractivity contribution < 1.29 is 14.6 Å². The lowest BCUT2D eigenvalue weighted by Gasteiger charge is -2.11. The highest BCUT2D eigenvalue weighted by atomic mass is 16.5. The Kier molecular flexibility index (Phi) is 4.05. The van der Waals surface area contributed by atoms with Gasteiger partial charge in [0.15, 0.2) is 0 Å². The van der Waals surface area contributed by atoms with Gasteiger partial charge in [-0.1, -0.05) is 25.5 Å². The van der Waals surface area contributed by atoms with E-state index >= 15 is 0 Å². The number of benzene rings is 2. The number of ether oxygens (including phenoxy) is 1. The smallest absolute Gasteiger partial charge is 0.335 e. The molecule has 0 aliphatic heterocycles. The van der Waals surface area contributed by atoms with E-state index in [1.807, 2.05) is 24.3 Å². The summed E-state index contributed by atoms with van der Waals surface area (Å²) in [6, 6.07) is 9.34. The molecule has 0 spiro atoms. The number of carbonyl (C=O) groups is 1. The van der Waals surface area contributed by atoms with E-state index in [9.17, 15) is 9.90 Å². The molecule has 0 fully saturated rings. The van der Waals surface area contributed by atoms with Gasteiger partial charge < -0.3 is 9.84 Å².